The standard InChI is InChI=1S/C50H86N4O36/c1-13(62)51-17(5-55)28(67)40(18(66)6-56)86-47-27(54-16(4)65)35(74)41(23(11-61)84-47)87-49-39(78)43(89-48-38(77)36(75)31(70)21(9-59)82-48)42(88-45-25(52-14(2)63)33(72)29(68)19(7-57)80-45)24(85-49)12-79-50-44(37(76)32(71)22(10-60)83-50)90-46-26(53-15(3)64)34(73)30(69)20(8-58)81-46/h17-50,55-61,66-78H,5-12H2,1-4H3,(H,51,62)(H,52,63)(H,53,64)(H,54,65)/t17-,18+,19+,20+,21+,22+,23+,24+,25+,26+,27+,28+,29+,30+,31+,32+,33+,34+,35+,36-,37-,38-,39-,40+,41+,42+,43+,44-,45-,46-,47-,48+,49-,50-/m0/s1. The lowest BCUT2D eigenvalue weighted by Gasteiger charge is -2.51. The maximum absolute atomic E-state index is 12.8. The van der Waals surface area contributed by atoms with Crippen molar-refractivity contribution in [3.05, 3.63) is 0 Å². The predicted octanol–water partition coefficient (Wildman–Crippen LogP) is -16.1. The second kappa shape index (κ2) is 33.8. The van der Waals surface area contributed by atoms with Crippen LogP contribution in [0.1, 0.15) is 27.7 Å². The Morgan fingerprint density at radius 1 is 0.378 bits per heavy atom. The predicted molar refractivity (Wildman–Crippen MR) is 280 cm³/mol. The molecule has 90 heavy (non-hydrogen) atoms. The largest absolute Gasteiger partial charge is 0.394 e. The topological polar surface area (TPSA) is 632 Å². The molecule has 0 aromatic rings. The van der Waals surface area contributed by atoms with E-state index in [2.05, 4.69) is 21.3 Å². The van der Waals surface area contributed by atoms with Crippen LogP contribution in [0.5, 0.6) is 0 Å². The van der Waals surface area contributed by atoms with Gasteiger partial charge in [0, 0.05) is 27.7 Å². The average Bonchev–Trinajstić information content (AvgIpc) is 0.922. The molecule has 0 aromatic heterocycles. The van der Waals surface area contributed by atoms with E-state index in [0.29, 0.717) is 0 Å². The first kappa shape index (κ1) is 75.6. The van der Waals surface area contributed by atoms with E-state index >= 15 is 0 Å². The number of ether oxygens (including phenoxy) is 12. The molecule has 6 heterocycles. The maximum atomic E-state index is 12.8. The second-order valence-corrected chi connectivity index (χ2v) is 22.3. The fourth-order valence-corrected chi connectivity index (χ4v) is 11.1. The molecule has 40 nitrogen and oxygen atoms in total. The van der Waals surface area contributed by atoms with E-state index in [-0.39, 0.29) is 0 Å². The summed E-state index contributed by atoms with van der Waals surface area (Å²) >= 11 is 0. The van der Waals surface area contributed by atoms with Gasteiger partial charge in [0.25, 0.3) is 0 Å². The number of hydrogen-bond acceptors (Lipinski definition) is 36. The van der Waals surface area contributed by atoms with E-state index in [1.54, 1.807) is 0 Å². The summed E-state index contributed by atoms with van der Waals surface area (Å²) in [6.45, 7) is -4.69. The van der Waals surface area contributed by atoms with Gasteiger partial charge in [0.1, 0.15) is 165 Å². The van der Waals surface area contributed by atoms with Crippen molar-refractivity contribution < 1.29 is 178 Å². The molecule has 4 amide bonds. The van der Waals surface area contributed by atoms with Crippen LogP contribution in [0.15, 0.2) is 0 Å². The zero-order valence-corrected chi connectivity index (χ0v) is 48.8. The van der Waals surface area contributed by atoms with Crippen LogP contribution in [0.4, 0.5) is 0 Å². The van der Waals surface area contributed by atoms with Gasteiger partial charge in [0.15, 0.2) is 37.7 Å². The first-order valence-corrected chi connectivity index (χ1v) is 28.5. The van der Waals surface area contributed by atoms with E-state index in [1.165, 1.54) is 0 Å². The minimum atomic E-state index is -2.51. The van der Waals surface area contributed by atoms with Crippen molar-refractivity contribution in [2.45, 2.75) is 236 Å². The lowest BCUT2D eigenvalue weighted by atomic mass is 9.94. The smallest absolute Gasteiger partial charge is 0.217 e. The van der Waals surface area contributed by atoms with Gasteiger partial charge in [0.2, 0.25) is 23.6 Å². The summed E-state index contributed by atoms with van der Waals surface area (Å²) < 4.78 is 72.0. The first-order chi connectivity index (χ1) is 42.5. The van der Waals surface area contributed by atoms with Crippen molar-refractivity contribution >= 4 is 23.6 Å². The van der Waals surface area contributed by atoms with Crippen LogP contribution in [-0.2, 0) is 76.0 Å². The summed E-state index contributed by atoms with van der Waals surface area (Å²) in [5.41, 5.74) is 0. The van der Waals surface area contributed by atoms with Crippen LogP contribution in [0.3, 0.4) is 0 Å². The van der Waals surface area contributed by atoms with Crippen LogP contribution in [0.2, 0.25) is 0 Å². The molecule has 0 spiro atoms. The SMILES string of the molecule is CC(=O)N[C@H]1[C@H](O[C@@H]([C@H](O)[C@H](CO)NC(C)=O)[C@H](O)CO)O[C@H](CO)[C@@H](O[C@@H]2O[C@H](CO[C@H]3O[C@H](CO)[C@@H](O)[C@H](O)[C@@H]3O[C@@H]3O[C@H](CO)[C@@H](O)[C@H](O)[C@H]3NC(C)=O)[C@@H](O[C@@H]3O[C@H](CO)[C@@H](O)[C@H](O)[C@H]3NC(C)=O)[C@H](O[C@H]3O[C@H](CO)[C@@H](O)[C@H](O)[C@@H]3O)[C@@H]2O)[C@@H]1O. The van der Waals surface area contributed by atoms with Crippen LogP contribution >= 0.6 is 0 Å². The number of nitrogens with one attached hydrogen (secondary N) is 4. The first-order valence-electron chi connectivity index (χ1n) is 28.5. The number of carbonyl (C=O) groups is 4. The third-order valence-corrected chi connectivity index (χ3v) is 15.8. The Bertz CT molecular complexity index is 2260. The third kappa shape index (κ3) is 17.5. The Balaban J connectivity index is 1.47. The van der Waals surface area contributed by atoms with Crippen LogP contribution in [0, 0.1) is 0 Å². The van der Waals surface area contributed by atoms with Crippen molar-refractivity contribution in [2.24, 2.45) is 0 Å². The van der Waals surface area contributed by atoms with Crippen LogP contribution < -0.4 is 21.3 Å². The molecule has 6 aliphatic rings. The van der Waals surface area contributed by atoms with Gasteiger partial charge < -0.3 is 180 Å². The summed E-state index contributed by atoms with van der Waals surface area (Å²) in [7, 11) is 0. The lowest BCUT2D eigenvalue weighted by Crippen LogP contribution is -2.71. The molecule has 0 unspecified atom stereocenters. The molecule has 0 aromatic carbocycles. The summed E-state index contributed by atoms with van der Waals surface area (Å²) in [6, 6.07) is -7.09. The summed E-state index contributed by atoms with van der Waals surface area (Å²) in [6.07, 6.45) is -62.3. The highest BCUT2D eigenvalue weighted by Gasteiger charge is 2.59. The lowest BCUT2D eigenvalue weighted by molar-refractivity contribution is -0.399. The fourth-order valence-electron chi connectivity index (χ4n) is 11.1. The highest BCUT2D eigenvalue weighted by atomic mass is 16.8. The van der Waals surface area contributed by atoms with Gasteiger partial charge in [0.05, 0.1) is 58.9 Å². The highest BCUT2D eigenvalue weighted by molar-refractivity contribution is 5.74. The molecule has 522 valence electrons. The fraction of sp³-hybridized carbons (Fsp3) is 0.920. The molecular weight excluding hydrogens is 1230 g/mol. The van der Waals surface area contributed by atoms with Crippen molar-refractivity contribution in [2.75, 3.05) is 52.9 Å². The molecular formula is C50H86N4O36. The molecule has 0 aliphatic carbocycles. The molecule has 40 heteroatoms. The van der Waals surface area contributed by atoms with Gasteiger partial charge in [-0.1, -0.05) is 0 Å². The quantitative estimate of drug-likeness (QED) is 0.0363. The molecule has 6 aliphatic heterocycles. The summed E-state index contributed by atoms with van der Waals surface area (Å²) in [4.78, 5) is 49.8. The van der Waals surface area contributed by atoms with E-state index in [4.69, 9.17) is 56.8 Å². The van der Waals surface area contributed by atoms with Gasteiger partial charge in [-0.15, -0.1) is 0 Å². The Kier molecular flexibility index (Phi) is 28.4. The van der Waals surface area contributed by atoms with Gasteiger partial charge in [-0.3, -0.25) is 19.2 Å². The van der Waals surface area contributed by atoms with Gasteiger partial charge in [-0.2, -0.15) is 0 Å². The zero-order valence-electron chi connectivity index (χ0n) is 48.8. The zero-order chi connectivity index (χ0) is 66.9. The number of amides is 4. The van der Waals surface area contributed by atoms with E-state index in [9.17, 15) is 121 Å². The molecule has 0 saturated carbocycles. The Morgan fingerprint density at radius 2 is 0.767 bits per heavy atom. The van der Waals surface area contributed by atoms with Crippen molar-refractivity contribution in [3.63, 3.8) is 0 Å². The number of aliphatic hydroxyl groups is 20. The van der Waals surface area contributed by atoms with E-state index < -0.39 is 285 Å². The Labute approximate surface area is 511 Å². The average molecular weight is 1320 g/mol. The van der Waals surface area contributed by atoms with Crippen molar-refractivity contribution in [3.8, 4) is 0 Å². The summed E-state index contributed by atoms with van der Waals surface area (Å²) in [5, 5.41) is 228. The van der Waals surface area contributed by atoms with Gasteiger partial charge in [-0.25, -0.2) is 0 Å². The van der Waals surface area contributed by atoms with Crippen molar-refractivity contribution in [1.82, 2.24) is 21.3 Å². The van der Waals surface area contributed by atoms with E-state index in [0.717, 1.165) is 27.7 Å². The van der Waals surface area contributed by atoms with E-state index in [1.807, 2.05) is 0 Å². The molecule has 6 saturated heterocycles. The molecule has 6 rings (SSSR count). The maximum Gasteiger partial charge on any atom is 0.217 e. The number of aliphatic hydroxyl groups excluding tert-OH is 20. The van der Waals surface area contributed by atoms with Gasteiger partial charge in [-0.05, 0) is 0 Å². The molecule has 6 fully saturated rings. The number of carbonyl (C=O) groups excluding carboxylic acids is 4. The number of rotatable bonds is 27. The monoisotopic (exact) mass is 1320 g/mol. The third-order valence-electron chi connectivity index (χ3n) is 15.8. The normalized spacial score (nSPS) is 43.9. The van der Waals surface area contributed by atoms with Gasteiger partial charge >= 0.3 is 0 Å². The number of hydrogen-bond donors (Lipinski definition) is 24. The Morgan fingerprint density at radius 3 is 1.22 bits per heavy atom. The second-order valence-electron chi connectivity index (χ2n) is 22.3. The minimum absolute atomic E-state index is 0.783. The van der Waals surface area contributed by atoms with Crippen molar-refractivity contribution in [1.29, 1.82) is 0 Å². The molecule has 0 bridgehead atoms. The molecule has 34 atom stereocenters. The minimum Gasteiger partial charge on any atom is -0.394 e. The summed E-state index contributed by atoms with van der Waals surface area (Å²) in [5.74, 6) is -3.45. The highest BCUT2D eigenvalue weighted by Crippen LogP contribution is 2.38. The van der Waals surface area contributed by atoms with Crippen LogP contribution in [-0.4, -0.2) is 387 Å². The molecule has 24 N–H and O–H groups in total. The molecule has 0 radical (unpaired) electrons. The Hall–Kier alpha value is -3.40. The van der Waals surface area contributed by atoms with Crippen LogP contribution in [0.25, 0.3) is 0 Å².